The van der Waals surface area contributed by atoms with E-state index in [0.717, 1.165) is 5.56 Å². The average Bonchev–Trinajstić information content (AvgIpc) is 2.91. The molecule has 1 aliphatic carbocycles. The van der Waals surface area contributed by atoms with Crippen LogP contribution in [0.3, 0.4) is 0 Å². The number of esters is 1. The second-order valence-electron chi connectivity index (χ2n) is 6.89. The molecular formula is C19H24N2O7. The van der Waals surface area contributed by atoms with Crippen molar-refractivity contribution in [2.24, 2.45) is 17.8 Å². The normalized spacial score (nSPS) is 21.2. The first-order chi connectivity index (χ1) is 13.3. The van der Waals surface area contributed by atoms with Crippen LogP contribution in [0.1, 0.15) is 25.3 Å². The van der Waals surface area contributed by atoms with Crippen LogP contribution in [0.2, 0.25) is 0 Å². The second kappa shape index (κ2) is 9.82. The van der Waals surface area contributed by atoms with Gasteiger partial charge in [-0.15, -0.1) is 0 Å². The third kappa shape index (κ3) is 5.77. The van der Waals surface area contributed by atoms with Crippen LogP contribution in [0.25, 0.3) is 0 Å². The summed E-state index contributed by atoms with van der Waals surface area (Å²) < 4.78 is 10.1. The summed E-state index contributed by atoms with van der Waals surface area (Å²) >= 11 is 0. The minimum absolute atomic E-state index is 0.153. The zero-order valence-electron chi connectivity index (χ0n) is 15.9. The van der Waals surface area contributed by atoms with Gasteiger partial charge in [0.1, 0.15) is 11.5 Å². The Kier molecular flexibility index (Phi) is 7.48. The van der Waals surface area contributed by atoms with E-state index in [-0.39, 0.29) is 37.6 Å². The van der Waals surface area contributed by atoms with Gasteiger partial charge in [0.25, 0.3) is 5.91 Å². The van der Waals surface area contributed by atoms with Crippen LogP contribution < -0.4 is 10.1 Å². The predicted molar refractivity (Wildman–Crippen MR) is 98.0 cm³/mol. The Morgan fingerprint density at radius 1 is 1.32 bits per heavy atom. The molecule has 1 fully saturated rings. The van der Waals surface area contributed by atoms with Crippen LogP contribution in [-0.2, 0) is 25.7 Å². The molecule has 9 nitrogen and oxygen atoms in total. The fraction of sp³-hybridized carbons (Fsp3) is 0.526. The number of nitro groups is 1. The van der Waals surface area contributed by atoms with Crippen LogP contribution in [-0.4, -0.2) is 42.8 Å². The minimum atomic E-state index is -0.732. The van der Waals surface area contributed by atoms with E-state index in [1.807, 2.05) is 12.1 Å². The molecule has 2 rings (SSSR count). The number of carbonyl (C=O) groups excluding carboxylic acids is 3. The Bertz CT molecular complexity index is 750. The second-order valence-corrected chi connectivity index (χ2v) is 6.89. The first-order valence-electron chi connectivity index (χ1n) is 9.00. The van der Waals surface area contributed by atoms with Crippen LogP contribution in [0.5, 0.6) is 5.75 Å². The maximum absolute atomic E-state index is 12.0. The van der Waals surface area contributed by atoms with Gasteiger partial charge in [-0.25, -0.2) is 0 Å². The molecule has 3 atom stereocenters. The molecule has 1 N–H and O–H groups in total. The first-order valence-corrected chi connectivity index (χ1v) is 9.00. The maximum atomic E-state index is 12.0. The summed E-state index contributed by atoms with van der Waals surface area (Å²) in [4.78, 5) is 46.3. The lowest BCUT2D eigenvalue weighted by molar-refractivity contribution is -0.490. The number of hydrogen-bond acceptors (Lipinski definition) is 7. The van der Waals surface area contributed by atoms with Gasteiger partial charge in [-0.2, -0.15) is 0 Å². The molecule has 1 amide bonds. The molecule has 0 aromatic heterocycles. The fourth-order valence-electron chi connectivity index (χ4n) is 3.48. The van der Waals surface area contributed by atoms with Crippen molar-refractivity contribution in [3.05, 3.63) is 39.9 Å². The molecule has 1 aliphatic rings. The number of hydrogen-bond donors (Lipinski definition) is 1. The predicted octanol–water partition coefficient (Wildman–Crippen LogP) is 1.36. The van der Waals surface area contributed by atoms with Crippen molar-refractivity contribution < 1.29 is 28.8 Å². The van der Waals surface area contributed by atoms with Crippen molar-refractivity contribution in [3.63, 3.8) is 0 Å². The summed E-state index contributed by atoms with van der Waals surface area (Å²) in [6, 6.07) is 7.18. The Balaban J connectivity index is 1.80. The number of rotatable bonds is 9. The number of para-hydroxylation sites is 1. The molecule has 0 aliphatic heterocycles. The monoisotopic (exact) mass is 392 g/mol. The topological polar surface area (TPSA) is 125 Å². The number of nitrogens with zero attached hydrogens (tertiary/aromatic N) is 1. The summed E-state index contributed by atoms with van der Waals surface area (Å²) in [6.07, 6.45) is -0.0304. The van der Waals surface area contributed by atoms with Crippen molar-refractivity contribution in [2.45, 2.75) is 26.3 Å². The van der Waals surface area contributed by atoms with Crippen molar-refractivity contribution in [1.29, 1.82) is 0 Å². The van der Waals surface area contributed by atoms with Gasteiger partial charge in [0.15, 0.2) is 6.61 Å². The summed E-state index contributed by atoms with van der Waals surface area (Å²) in [6.45, 7) is 1.14. The molecule has 0 bridgehead atoms. The highest BCUT2D eigenvalue weighted by Crippen LogP contribution is 2.36. The van der Waals surface area contributed by atoms with Crippen molar-refractivity contribution in [1.82, 2.24) is 5.32 Å². The van der Waals surface area contributed by atoms with Gasteiger partial charge in [-0.3, -0.25) is 24.5 Å². The molecule has 1 aromatic rings. The molecular weight excluding hydrogens is 368 g/mol. The maximum Gasteiger partial charge on any atom is 0.307 e. The van der Waals surface area contributed by atoms with E-state index < -0.39 is 35.2 Å². The van der Waals surface area contributed by atoms with Crippen molar-refractivity contribution >= 4 is 17.7 Å². The van der Waals surface area contributed by atoms with E-state index in [1.165, 1.54) is 7.11 Å². The highest BCUT2D eigenvalue weighted by atomic mass is 16.6. The molecule has 1 aromatic carbocycles. The Labute approximate surface area is 162 Å². The van der Waals surface area contributed by atoms with E-state index in [4.69, 9.17) is 9.47 Å². The van der Waals surface area contributed by atoms with E-state index >= 15 is 0 Å². The summed E-state index contributed by atoms with van der Waals surface area (Å²) in [5.74, 6) is -2.12. The molecule has 0 radical (unpaired) electrons. The van der Waals surface area contributed by atoms with E-state index in [2.05, 4.69) is 5.32 Å². The third-order valence-electron chi connectivity index (χ3n) is 4.96. The van der Waals surface area contributed by atoms with E-state index in [9.17, 15) is 24.5 Å². The van der Waals surface area contributed by atoms with E-state index in [1.54, 1.807) is 19.1 Å². The quantitative estimate of drug-likeness (QED) is 0.382. The molecule has 0 saturated heterocycles. The minimum Gasteiger partial charge on any atom is -0.496 e. The van der Waals surface area contributed by atoms with Crippen LogP contribution >= 0.6 is 0 Å². The van der Waals surface area contributed by atoms with Crippen LogP contribution in [0.4, 0.5) is 0 Å². The number of benzene rings is 1. The molecule has 152 valence electrons. The highest BCUT2D eigenvalue weighted by molar-refractivity contribution is 5.88. The smallest absolute Gasteiger partial charge is 0.307 e. The summed E-state index contributed by atoms with van der Waals surface area (Å²) in [5.41, 5.74) is 0.776. The molecule has 9 heteroatoms. The molecule has 28 heavy (non-hydrogen) atoms. The average molecular weight is 392 g/mol. The largest absolute Gasteiger partial charge is 0.496 e. The SMILES string of the molecule is COc1ccccc1CNC(=O)COC(=O)C[C@@H]1C(=O)C[C@H](C)[C@H]1C[N+](=O)[O-]. The molecule has 1 saturated carbocycles. The van der Waals surface area contributed by atoms with Gasteiger partial charge >= 0.3 is 5.97 Å². The number of ether oxygens (including phenoxy) is 2. The number of ketones is 1. The van der Waals surface area contributed by atoms with Gasteiger partial charge in [-0.05, 0) is 12.0 Å². The standard InChI is InChI=1S/C19H24N2O7/c1-12-7-16(22)14(15(12)10-21(25)26)8-19(24)28-11-18(23)20-9-13-5-3-4-6-17(13)27-2/h3-6,12,14-15H,7-11H2,1-2H3,(H,20,23)/t12-,14-,15+/m0/s1. The van der Waals surface area contributed by atoms with Crippen LogP contribution in [0, 0.1) is 27.9 Å². The number of nitrogens with one attached hydrogen (secondary N) is 1. The van der Waals surface area contributed by atoms with Gasteiger partial charge in [-0.1, -0.05) is 25.1 Å². The number of carbonyl (C=O) groups is 3. The number of amides is 1. The number of methoxy groups -OCH3 is 1. The molecule has 0 heterocycles. The zero-order chi connectivity index (χ0) is 20.7. The molecule has 0 spiro atoms. The Hall–Kier alpha value is -2.97. The van der Waals surface area contributed by atoms with Crippen molar-refractivity contribution in [3.8, 4) is 5.75 Å². The van der Waals surface area contributed by atoms with Gasteiger partial charge in [0.05, 0.1) is 13.5 Å². The lowest BCUT2D eigenvalue weighted by atomic mass is 9.88. The fourth-order valence-corrected chi connectivity index (χ4v) is 3.48. The zero-order valence-corrected chi connectivity index (χ0v) is 15.9. The van der Waals surface area contributed by atoms with Gasteiger partial charge in [0.2, 0.25) is 6.54 Å². The van der Waals surface area contributed by atoms with E-state index in [0.29, 0.717) is 5.75 Å². The Morgan fingerprint density at radius 3 is 2.71 bits per heavy atom. The number of Topliss-reactive ketones (excluding diaryl/α,β-unsaturated/α-hetero) is 1. The summed E-state index contributed by atoms with van der Waals surface area (Å²) in [5, 5.41) is 13.4. The van der Waals surface area contributed by atoms with Crippen molar-refractivity contribution in [2.75, 3.05) is 20.3 Å². The lowest BCUT2D eigenvalue weighted by Gasteiger charge is -2.17. The highest BCUT2D eigenvalue weighted by Gasteiger charge is 2.44. The first kappa shape index (κ1) is 21.3. The van der Waals surface area contributed by atoms with Gasteiger partial charge < -0.3 is 14.8 Å². The summed E-state index contributed by atoms with van der Waals surface area (Å²) in [7, 11) is 1.53. The lowest BCUT2D eigenvalue weighted by Crippen LogP contribution is -2.30. The third-order valence-corrected chi connectivity index (χ3v) is 4.96. The molecule has 0 unspecified atom stereocenters. The Morgan fingerprint density at radius 2 is 2.04 bits per heavy atom. The van der Waals surface area contributed by atoms with Crippen LogP contribution in [0.15, 0.2) is 24.3 Å². The van der Waals surface area contributed by atoms with Gasteiger partial charge in [0, 0.05) is 35.3 Å².